The highest BCUT2D eigenvalue weighted by Gasteiger charge is 2.32. The van der Waals surface area contributed by atoms with E-state index in [1.165, 1.54) is 5.01 Å². The fourth-order valence-electron chi connectivity index (χ4n) is 2.19. The summed E-state index contributed by atoms with van der Waals surface area (Å²) in [6.45, 7) is 0. The van der Waals surface area contributed by atoms with Crippen LogP contribution in [-0.2, 0) is 4.79 Å². The lowest BCUT2D eigenvalue weighted by molar-refractivity contribution is -0.130. The highest BCUT2D eigenvalue weighted by Crippen LogP contribution is 2.31. The minimum absolute atomic E-state index is 0.115. The van der Waals surface area contributed by atoms with E-state index in [1.54, 1.807) is 18.6 Å². The molecule has 0 saturated heterocycles. The zero-order valence-corrected chi connectivity index (χ0v) is 11.9. The number of nitrogens with zero attached hydrogens (tertiary/aromatic N) is 2. The number of amides is 1. The Kier molecular flexibility index (Phi) is 3.92. The van der Waals surface area contributed by atoms with Crippen molar-refractivity contribution < 1.29 is 13.6 Å². The van der Waals surface area contributed by atoms with Crippen molar-refractivity contribution in [2.75, 3.05) is 5.88 Å². The van der Waals surface area contributed by atoms with Crippen molar-refractivity contribution in [2.45, 2.75) is 12.5 Å². The molecular formula is C15H13ClN2O3. The van der Waals surface area contributed by atoms with Crippen molar-refractivity contribution in [3.8, 4) is 0 Å². The molecule has 0 radical (unpaired) electrons. The van der Waals surface area contributed by atoms with E-state index in [1.807, 2.05) is 30.4 Å². The number of halogens is 1. The van der Waals surface area contributed by atoms with E-state index < -0.39 is 0 Å². The Bertz CT molecular complexity index is 659. The largest absolute Gasteiger partial charge is 0.467 e. The number of carbonyl (C=O) groups is 1. The van der Waals surface area contributed by atoms with Crippen LogP contribution in [-0.4, -0.2) is 22.5 Å². The standard InChI is InChI=1S/C15H13ClN2O3/c16-10-15(19)18-13(14-4-2-8-21-14)9-11(17-18)5-6-12-3-1-7-20-12/h1-8,13H,9-10H2/b6-5+. The van der Waals surface area contributed by atoms with Gasteiger partial charge in [-0.15, -0.1) is 11.6 Å². The molecule has 3 heterocycles. The van der Waals surface area contributed by atoms with Gasteiger partial charge in [-0.05, 0) is 36.4 Å². The van der Waals surface area contributed by atoms with Crippen molar-refractivity contribution in [3.05, 3.63) is 54.4 Å². The van der Waals surface area contributed by atoms with Crippen LogP contribution >= 0.6 is 11.6 Å². The molecule has 1 aliphatic heterocycles. The van der Waals surface area contributed by atoms with Gasteiger partial charge in [-0.25, -0.2) is 5.01 Å². The Morgan fingerprint density at radius 3 is 2.81 bits per heavy atom. The van der Waals surface area contributed by atoms with Gasteiger partial charge in [-0.2, -0.15) is 5.10 Å². The Labute approximate surface area is 126 Å². The Balaban J connectivity index is 1.81. The molecule has 108 valence electrons. The van der Waals surface area contributed by atoms with Gasteiger partial charge in [0.1, 0.15) is 23.4 Å². The maximum absolute atomic E-state index is 11.9. The molecule has 1 unspecified atom stereocenters. The third kappa shape index (κ3) is 2.92. The van der Waals surface area contributed by atoms with Crippen molar-refractivity contribution in [1.82, 2.24) is 5.01 Å². The van der Waals surface area contributed by atoms with Crippen LogP contribution in [0.3, 0.4) is 0 Å². The minimum Gasteiger partial charge on any atom is -0.467 e. The number of furan rings is 2. The highest BCUT2D eigenvalue weighted by molar-refractivity contribution is 6.27. The summed E-state index contributed by atoms with van der Waals surface area (Å²) in [6, 6.07) is 7.02. The molecule has 0 bridgehead atoms. The lowest BCUT2D eigenvalue weighted by atomic mass is 10.1. The number of hydrogen-bond acceptors (Lipinski definition) is 4. The zero-order valence-electron chi connectivity index (χ0n) is 11.1. The summed E-state index contributed by atoms with van der Waals surface area (Å²) in [5.41, 5.74) is 0.770. The fourth-order valence-corrected chi connectivity index (χ4v) is 2.31. The Morgan fingerprint density at radius 1 is 1.33 bits per heavy atom. The molecule has 0 spiro atoms. The van der Waals surface area contributed by atoms with Crippen LogP contribution in [0, 0.1) is 0 Å². The van der Waals surface area contributed by atoms with Crippen LogP contribution in [0.5, 0.6) is 0 Å². The van der Waals surface area contributed by atoms with Gasteiger partial charge >= 0.3 is 0 Å². The summed E-state index contributed by atoms with van der Waals surface area (Å²) < 4.78 is 10.6. The maximum atomic E-state index is 11.9. The molecule has 0 N–H and O–H groups in total. The van der Waals surface area contributed by atoms with Gasteiger partial charge in [0, 0.05) is 6.42 Å². The van der Waals surface area contributed by atoms with Gasteiger partial charge in [0.25, 0.3) is 5.91 Å². The number of rotatable bonds is 4. The number of hydrazone groups is 1. The predicted octanol–water partition coefficient (Wildman–Crippen LogP) is 3.45. The average molecular weight is 305 g/mol. The molecule has 0 saturated carbocycles. The number of carbonyl (C=O) groups excluding carboxylic acids is 1. The monoisotopic (exact) mass is 304 g/mol. The lowest BCUT2D eigenvalue weighted by Crippen LogP contribution is -2.27. The van der Waals surface area contributed by atoms with E-state index in [-0.39, 0.29) is 17.8 Å². The van der Waals surface area contributed by atoms with Crippen LogP contribution in [0.2, 0.25) is 0 Å². The van der Waals surface area contributed by atoms with Crippen molar-refractivity contribution in [3.63, 3.8) is 0 Å². The first kappa shape index (κ1) is 13.7. The van der Waals surface area contributed by atoms with E-state index in [0.717, 1.165) is 11.5 Å². The summed E-state index contributed by atoms with van der Waals surface area (Å²) >= 11 is 5.64. The van der Waals surface area contributed by atoms with Crippen LogP contribution in [0.15, 0.2) is 56.8 Å². The van der Waals surface area contributed by atoms with Crippen LogP contribution in [0.25, 0.3) is 6.08 Å². The topological polar surface area (TPSA) is 59.0 Å². The molecule has 1 aliphatic rings. The van der Waals surface area contributed by atoms with Gasteiger partial charge < -0.3 is 8.83 Å². The predicted molar refractivity (Wildman–Crippen MR) is 78.8 cm³/mol. The molecule has 0 aliphatic carbocycles. The van der Waals surface area contributed by atoms with E-state index in [2.05, 4.69) is 5.10 Å². The SMILES string of the molecule is O=C(CCl)N1N=C(/C=C/c2ccco2)CC1c1ccco1. The van der Waals surface area contributed by atoms with Gasteiger partial charge in [-0.3, -0.25) is 4.79 Å². The molecule has 5 nitrogen and oxygen atoms in total. The van der Waals surface area contributed by atoms with E-state index in [4.69, 9.17) is 20.4 Å². The summed E-state index contributed by atoms with van der Waals surface area (Å²) in [6.07, 6.45) is 7.40. The van der Waals surface area contributed by atoms with Crippen molar-refractivity contribution in [2.24, 2.45) is 5.10 Å². The third-order valence-electron chi connectivity index (χ3n) is 3.16. The van der Waals surface area contributed by atoms with E-state index in [0.29, 0.717) is 12.2 Å². The van der Waals surface area contributed by atoms with Crippen molar-refractivity contribution in [1.29, 1.82) is 0 Å². The molecule has 1 amide bonds. The molecule has 21 heavy (non-hydrogen) atoms. The minimum atomic E-state index is -0.250. The molecule has 2 aromatic rings. The zero-order chi connectivity index (χ0) is 14.7. The Hall–Kier alpha value is -2.27. The highest BCUT2D eigenvalue weighted by atomic mass is 35.5. The summed E-state index contributed by atoms with van der Waals surface area (Å²) in [7, 11) is 0. The smallest absolute Gasteiger partial charge is 0.258 e. The Morgan fingerprint density at radius 2 is 2.14 bits per heavy atom. The second kappa shape index (κ2) is 6.01. The summed E-state index contributed by atoms with van der Waals surface area (Å²) in [5.74, 6) is 1.06. The molecule has 3 rings (SSSR count). The third-order valence-corrected chi connectivity index (χ3v) is 3.39. The second-order valence-corrected chi connectivity index (χ2v) is 4.81. The molecule has 0 fully saturated rings. The quantitative estimate of drug-likeness (QED) is 0.813. The lowest BCUT2D eigenvalue weighted by Gasteiger charge is -2.18. The first-order valence-electron chi connectivity index (χ1n) is 6.48. The maximum Gasteiger partial charge on any atom is 0.258 e. The van der Waals surface area contributed by atoms with Gasteiger partial charge in [0.05, 0.1) is 18.2 Å². The fraction of sp³-hybridized carbons (Fsp3) is 0.200. The molecule has 0 aromatic carbocycles. The van der Waals surface area contributed by atoms with Crippen molar-refractivity contribution >= 4 is 29.3 Å². The van der Waals surface area contributed by atoms with Crippen LogP contribution in [0.1, 0.15) is 24.0 Å². The summed E-state index contributed by atoms with van der Waals surface area (Å²) in [5, 5.41) is 5.71. The molecular weight excluding hydrogens is 292 g/mol. The summed E-state index contributed by atoms with van der Waals surface area (Å²) in [4.78, 5) is 11.9. The first-order chi connectivity index (χ1) is 10.3. The van der Waals surface area contributed by atoms with Crippen LogP contribution in [0.4, 0.5) is 0 Å². The average Bonchev–Trinajstić information content (AvgIpc) is 3.23. The van der Waals surface area contributed by atoms with E-state index in [9.17, 15) is 4.79 Å². The van der Waals surface area contributed by atoms with E-state index >= 15 is 0 Å². The van der Waals surface area contributed by atoms with Gasteiger partial charge in [-0.1, -0.05) is 0 Å². The second-order valence-electron chi connectivity index (χ2n) is 4.55. The van der Waals surface area contributed by atoms with Gasteiger partial charge in [0.15, 0.2) is 0 Å². The first-order valence-corrected chi connectivity index (χ1v) is 7.02. The molecule has 1 atom stereocenters. The van der Waals surface area contributed by atoms with Gasteiger partial charge in [0.2, 0.25) is 0 Å². The number of allylic oxidation sites excluding steroid dienone is 1. The van der Waals surface area contributed by atoms with Crippen LogP contribution < -0.4 is 0 Å². The number of hydrogen-bond donors (Lipinski definition) is 0. The normalized spacial score (nSPS) is 18.4. The number of alkyl halides is 1. The molecule has 2 aromatic heterocycles. The molecule has 6 heteroatoms.